The third-order valence-corrected chi connectivity index (χ3v) is 13.8. The molecule has 2 aromatic heterocycles. The van der Waals surface area contributed by atoms with Gasteiger partial charge in [-0.1, -0.05) is 51.8 Å². The van der Waals surface area contributed by atoms with Crippen LogP contribution in [-0.2, 0) is 39.8 Å². The smallest absolute Gasteiger partial charge is 0.226 e. The number of piperidine rings is 1. The van der Waals surface area contributed by atoms with Gasteiger partial charge in [-0.05, 0) is 138 Å². The van der Waals surface area contributed by atoms with E-state index in [2.05, 4.69) is 102 Å². The number of nitrogens with one attached hydrogen (secondary N) is 2. The van der Waals surface area contributed by atoms with Crippen molar-refractivity contribution in [3.05, 3.63) is 71.2 Å². The molecule has 2 amide bonds. The van der Waals surface area contributed by atoms with Gasteiger partial charge in [0, 0.05) is 79.7 Å². The summed E-state index contributed by atoms with van der Waals surface area (Å²) in [5.41, 5.74) is 10.9. The van der Waals surface area contributed by atoms with E-state index in [0.29, 0.717) is 37.7 Å². The van der Waals surface area contributed by atoms with Crippen LogP contribution < -0.4 is 21.3 Å². The van der Waals surface area contributed by atoms with Crippen LogP contribution in [0.15, 0.2) is 53.6 Å². The lowest BCUT2D eigenvalue weighted by molar-refractivity contribution is -0.116. The quantitative estimate of drug-likeness (QED) is 0.0495. The van der Waals surface area contributed by atoms with Crippen LogP contribution in [0.2, 0.25) is 0 Å². The summed E-state index contributed by atoms with van der Waals surface area (Å²) in [4.78, 5) is 48.9. The molecule has 2 fully saturated rings. The molecule has 2 aromatic carbocycles. The van der Waals surface area contributed by atoms with Gasteiger partial charge in [0.15, 0.2) is 5.82 Å². The minimum atomic E-state index is -0.0359. The maximum absolute atomic E-state index is 12.7. The average Bonchev–Trinajstić information content (AvgIpc) is 3.95. The maximum atomic E-state index is 12.7. The lowest BCUT2D eigenvalue weighted by atomic mass is 9.78. The van der Waals surface area contributed by atoms with Crippen LogP contribution in [0.3, 0.4) is 0 Å². The zero-order chi connectivity index (χ0) is 44.9. The van der Waals surface area contributed by atoms with E-state index in [1.807, 2.05) is 36.7 Å². The molecule has 4 N–H and O–H groups in total. The Morgan fingerprint density at radius 2 is 1.85 bits per heavy atom. The molecule has 3 heterocycles. The molecular weight excluding hydrogens is 797 g/mol. The first-order chi connectivity index (χ1) is 29.9. The number of likely N-dealkylation sites (tertiary alicyclic amines) is 1. The summed E-state index contributed by atoms with van der Waals surface area (Å²) in [6.07, 6.45) is 13.3. The molecule has 0 spiro atoms. The minimum Gasteiger partial charge on any atom is -0.330 e. The lowest BCUT2D eigenvalue weighted by Crippen LogP contribution is -2.48. The predicted octanol–water partition coefficient (Wildman–Crippen LogP) is 7.77. The van der Waals surface area contributed by atoms with Crippen molar-refractivity contribution in [3.63, 3.8) is 0 Å². The standard InChI is InChI=1S/C47H70N10O2S.CH2O/c1-8-12-37(13-9-2)57(33-58)45-40(47(5)21-22-47)31-50-42(51-45)20-27-56(25-11-23-48)60-38-15-10-14-34(28-38)32-55-26-19-36(30-46(55,3)4)35-16-17-39-41(29-35)54(7)53-44(39)52-43(59)18-24-49-6;1-2/h10,14-17,28-29,31,33,36-37,49H,8-9,11-13,18-27,30,32,48H2,1-7H3,(H,52,53,59);1H2. The molecule has 0 bridgehead atoms. The molecule has 13 nitrogen and oxygen atoms in total. The molecule has 6 rings (SSSR count). The zero-order valence-electron chi connectivity index (χ0n) is 38.4. The highest BCUT2D eigenvalue weighted by molar-refractivity contribution is 7.97. The number of nitrogens with two attached hydrogens (primary N) is 1. The minimum absolute atomic E-state index is 0.00490. The van der Waals surface area contributed by atoms with Crippen molar-refractivity contribution in [2.24, 2.45) is 12.8 Å². The molecule has 1 saturated carbocycles. The fourth-order valence-corrected chi connectivity index (χ4v) is 9.90. The normalized spacial score (nSPS) is 16.9. The highest BCUT2D eigenvalue weighted by Crippen LogP contribution is 2.50. The Morgan fingerprint density at radius 3 is 2.52 bits per heavy atom. The molecule has 1 unspecified atom stereocenters. The van der Waals surface area contributed by atoms with Crippen molar-refractivity contribution in [1.29, 1.82) is 0 Å². The first kappa shape index (κ1) is 48.8. The summed E-state index contributed by atoms with van der Waals surface area (Å²) >= 11 is 1.79. The molecule has 0 radical (unpaired) electrons. The Labute approximate surface area is 374 Å². The Morgan fingerprint density at radius 1 is 1.10 bits per heavy atom. The number of amides is 2. The molecule has 14 heteroatoms. The average molecular weight is 869 g/mol. The van der Waals surface area contributed by atoms with Crippen molar-refractivity contribution < 1.29 is 14.4 Å². The number of benzene rings is 2. The Kier molecular flexibility index (Phi) is 18.1. The predicted molar refractivity (Wildman–Crippen MR) is 253 cm³/mol. The highest BCUT2D eigenvalue weighted by atomic mass is 32.2. The fraction of sp³-hybridized carbons (Fsp3) is 0.583. The SMILES string of the molecule is C=O.CCCC(CCC)N(C=O)c1nc(CCN(CCCN)Sc2cccc(CN3CCC(c4ccc5c(NC(=O)CCNC)nn(C)c5c4)CC3(C)C)c2)ncc1C1(C)CC1. The zero-order valence-corrected chi connectivity index (χ0v) is 39.2. The Bertz CT molecular complexity index is 2060. The van der Waals surface area contributed by atoms with Crippen molar-refractivity contribution in [3.8, 4) is 0 Å². The summed E-state index contributed by atoms with van der Waals surface area (Å²) in [7, 11) is 3.79. The summed E-state index contributed by atoms with van der Waals surface area (Å²) < 4.78 is 4.28. The monoisotopic (exact) mass is 869 g/mol. The number of rotatable bonds is 23. The van der Waals surface area contributed by atoms with Gasteiger partial charge in [0.1, 0.15) is 18.4 Å². The number of carbonyl (C=O) groups excluding carboxylic acids is 3. The molecule has 62 heavy (non-hydrogen) atoms. The summed E-state index contributed by atoms with van der Waals surface area (Å²) in [6.45, 7) is 18.2. The largest absolute Gasteiger partial charge is 0.330 e. The van der Waals surface area contributed by atoms with E-state index < -0.39 is 0 Å². The van der Waals surface area contributed by atoms with Gasteiger partial charge >= 0.3 is 0 Å². The Balaban J connectivity index is 0.00000358. The molecule has 338 valence electrons. The molecule has 1 aliphatic carbocycles. The molecule has 4 aromatic rings. The molecule has 1 atom stereocenters. The number of fused-ring (bicyclic) bond motifs is 1. The number of nitrogens with zero attached hydrogens (tertiary/aromatic N) is 7. The van der Waals surface area contributed by atoms with Gasteiger partial charge in [-0.15, -0.1) is 0 Å². The number of hydrogen-bond acceptors (Lipinski definition) is 11. The maximum Gasteiger partial charge on any atom is 0.226 e. The third-order valence-electron chi connectivity index (χ3n) is 12.7. The van der Waals surface area contributed by atoms with Crippen molar-refractivity contribution in [1.82, 2.24) is 34.3 Å². The van der Waals surface area contributed by atoms with Crippen molar-refractivity contribution >= 4 is 53.6 Å². The van der Waals surface area contributed by atoms with Gasteiger partial charge in [-0.3, -0.25) is 24.1 Å². The van der Waals surface area contributed by atoms with E-state index in [-0.39, 0.29) is 22.9 Å². The third kappa shape index (κ3) is 12.5. The summed E-state index contributed by atoms with van der Waals surface area (Å²) in [5.74, 6) is 2.62. The molecule has 1 aliphatic heterocycles. The fourth-order valence-electron chi connectivity index (χ4n) is 8.85. The van der Waals surface area contributed by atoms with Crippen molar-refractivity contribution in [2.45, 2.75) is 140 Å². The van der Waals surface area contributed by atoms with E-state index in [1.54, 1.807) is 11.9 Å². The second kappa shape index (κ2) is 22.9. The van der Waals surface area contributed by atoms with Crippen LogP contribution in [0, 0.1) is 0 Å². The number of anilines is 2. The molecule has 1 saturated heterocycles. The van der Waals surface area contributed by atoms with E-state index in [0.717, 1.165) is 118 Å². The van der Waals surface area contributed by atoms with Crippen LogP contribution >= 0.6 is 11.9 Å². The van der Waals surface area contributed by atoms with Crippen molar-refractivity contribution in [2.75, 3.05) is 50.0 Å². The van der Waals surface area contributed by atoms with E-state index in [4.69, 9.17) is 20.5 Å². The van der Waals surface area contributed by atoms with Crippen LogP contribution in [0.25, 0.3) is 10.9 Å². The molecular formula is C48H72N10O3S. The van der Waals surface area contributed by atoms with Gasteiger partial charge in [0.05, 0.1) is 5.52 Å². The Hall–Kier alpha value is -4.21. The highest BCUT2D eigenvalue weighted by Gasteiger charge is 2.43. The first-order valence-corrected chi connectivity index (χ1v) is 23.5. The summed E-state index contributed by atoms with van der Waals surface area (Å²) in [6, 6.07) is 15.8. The van der Waals surface area contributed by atoms with Crippen LogP contribution in [-0.4, -0.2) is 99.4 Å². The number of aryl methyl sites for hydroxylation is 1. The number of carbonyl (C=O) groups is 3. The van der Waals surface area contributed by atoms with Gasteiger partial charge in [-0.2, -0.15) is 5.10 Å². The first-order valence-electron chi connectivity index (χ1n) is 22.7. The lowest BCUT2D eigenvalue weighted by Gasteiger charge is -2.46. The van der Waals surface area contributed by atoms with Gasteiger partial charge in [0.2, 0.25) is 12.3 Å². The van der Waals surface area contributed by atoms with E-state index >= 15 is 0 Å². The topological polar surface area (TPSA) is 155 Å². The summed E-state index contributed by atoms with van der Waals surface area (Å²) in [5, 5.41) is 11.6. The second-order valence-corrected chi connectivity index (χ2v) is 19.1. The number of aromatic nitrogens is 4. The van der Waals surface area contributed by atoms with Crippen LogP contribution in [0.1, 0.15) is 127 Å². The van der Waals surface area contributed by atoms with Crippen LogP contribution in [0.5, 0.6) is 0 Å². The van der Waals surface area contributed by atoms with Gasteiger partial charge in [0.25, 0.3) is 0 Å². The molecule has 2 aliphatic rings. The van der Waals surface area contributed by atoms with E-state index in [9.17, 15) is 9.59 Å². The second-order valence-electron chi connectivity index (χ2n) is 18.0. The van der Waals surface area contributed by atoms with Gasteiger partial charge in [-0.25, -0.2) is 14.3 Å². The van der Waals surface area contributed by atoms with E-state index in [1.165, 1.54) is 16.0 Å². The number of hydrogen-bond donors (Lipinski definition) is 3. The van der Waals surface area contributed by atoms with Crippen LogP contribution in [0.4, 0.5) is 11.6 Å². The van der Waals surface area contributed by atoms with Gasteiger partial charge < -0.3 is 21.2 Å².